The van der Waals surface area contributed by atoms with E-state index in [1.54, 1.807) is 4.90 Å². The molecule has 0 unspecified atom stereocenters. The molecule has 3 N–H and O–H groups in total. The molecule has 0 saturated carbocycles. The van der Waals surface area contributed by atoms with E-state index in [1.807, 2.05) is 30.3 Å². The largest absolute Gasteiger partial charge is 0.468 e. The van der Waals surface area contributed by atoms with Crippen molar-refractivity contribution >= 4 is 12.1 Å². The van der Waals surface area contributed by atoms with Crippen molar-refractivity contribution < 1.29 is 19.1 Å². The second-order valence-corrected chi connectivity index (χ2v) is 5.78. The second-order valence-electron chi connectivity index (χ2n) is 5.78. The fraction of sp³-hybridized carbons (Fsp3) is 0.529. The molecule has 1 aliphatic rings. The van der Waals surface area contributed by atoms with Crippen LogP contribution in [0.25, 0.3) is 0 Å². The van der Waals surface area contributed by atoms with Crippen molar-refractivity contribution in [2.24, 2.45) is 5.73 Å². The van der Waals surface area contributed by atoms with E-state index in [-0.39, 0.29) is 31.3 Å². The van der Waals surface area contributed by atoms with Crippen LogP contribution in [0.4, 0.5) is 4.79 Å². The number of amides is 1. The highest BCUT2D eigenvalue weighted by atomic mass is 16.6. The number of likely N-dealkylation sites (tertiary alicyclic amines) is 1. The molecule has 0 bridgehead atoms. The van der Waals surface area contributed by atoms with Crippen LogP contribution in [0, 0.1) is 0 Å². The van der Waals surface area contributed by atoms with E-state index in [0.717, 1.165) is 18.4 Å². The Morgan fingerprint density at radius 2 is 1.96 bits per heavy atom. The van der Waals surface area contributed by atoms with E-state index < -0.39 is 6.04 Å². The van der Waals surface area contributed by atoms with Gasteiger partial charge >= 0.3 is 12.1 Å². The van der Waals surface area contributed by atoms with Gasteiger partial charge in [-0.3, -0.25) is 4.79 Å². The lowest BCUT2D eigenvalue weighted by Crippen LogP contribution is -2.52. The van der Waals surface area contributed by atoms with Crippen LogP contribution in [0.15, 0.2) is 30.3 Å². The molecule has 1 fully saturated rings. The van der Waals surface area contributed by atoms with Crippen molar-refractivity contribution in [3.05, 3.63) is 35.9 Å². The zero-order chi connectivity index (χ0) is 17.4. The van der Waals surface area contributed by atoms with E-state index in [1.165, 1.54) is 7.11 Å². The van der Waals surface area contributed by atoms with Gasteiger partial charge < -0.3 is 25.4 Å². The van der Waals surface area contributed by atoms with Crippen LogP contribution in [0.5, 0.6) is 0 Å². The minimum atomic E-state index is -0.503. The number of nitrogens with zero attached hydrogens (tertiary/aromatic N) is 1. The first kappa shape index (κ1) is 18.2. The average Bonchev–Trinajstić information content (AvgIpc) is 2.64. The van der Waals surface area contributed by atoms with Crippen molar-refractivity contribution in [2.45, 2.75) is 31.5 Å². The smallest absolute Gasteiger partial charge is 0.410 e. The van der Waals surface area contributed by atoms with E-state index in [0.29, 0.717) is 13.1 Å². The molecule has 0 radical (unpaired) electrons. The second kappa shape index (κ2) is 9.24. The van der Waals surface area contributed by atoms with Crippen molar-refractivity contribution in [2.75, 3.05) is 26.7 Å². The SMILES string of the molecule is COC(=O)[C@@H](CN)NC1CCN(C(=O)OCc2ccccc2)CC1. The molecule has 1 atom stereocenters. The third-order valence-electron chi connectivity index (χ3n) is 4.12. The summed E-state index contributed by atoms with van der Waals surface area (Å²) >= 11 is 0. The van der Waals surface area contributed by atoms with Gasteiger partial charge in [0.25, 0.3) is 0 Å². The monoisotopic (exact) mass is 335 g/mol. The Labute approximate surface area is 142 Å². The number of esters is 1. The van der Waals surface area contributed by atoms with E-state index in [9.17, 15) is 9.59 Å². The molecule has 1 heterocycles. The molecule has 7 heteroatoms. The Morgan fingerprint density at radius 1 is 1.29 bits per heavy atom. The summed E-state index contributed by atoms with van der Waals surface area (Å²) in [6.45, 7) is 1.63. The van der Waals surface area contributed by atoms with Gasteiger partial charge in [-0.15, -0.1) is 0 Å². The number of hydrogen-bond donors (Lipinski definition) is 2. The van der Waals surface area contributed by atoms with Crippen LogP contribution in [0.3, 0.4) is 0 Å². The third-order valence-corrected chi connectivity index (χ3v) is 4.12. The maximum atomic E-state index is 12.1. The van der Waals surface area contributed by atoms with Gasteiger partial charge in [-0.25, -0.2) is 4.79 Å². The standard InChI is InChI=1S/C17H25N3O4/c1-23-16(21)15(11-18)19-14-7-9-20(10-8-14)17(22)24-12-13-5-3-2-4-6-13/h2-6,14-15,19H,7-12,18H2,1H3/t15-/m1/s1. The van der Waals surface area contributed by atoms with Crippen LogP contribution in [-0.4, -0.2) is 55.8 Å². The van der Waals surface area contributed by atoms with Gasteiger partial charge in [0.1, 0.15) is 12.6 Å². The van der Waals surface area contributed by atoms with Gasteiger partial charge in [0.2, 0.25) is 0 Å². The molecule has 24 heavy (non-hydrogen) atoms. The van der Waals surface area contributed by atoms with E-state index in [2.05, 4.69) is 5.32 Å². The molecule has 1 aromatic carbocycles. The molecule has 1 aliphatic heterocycles. The first-order valence-electron chi connectivity index (χ1n) is 8.13. The molecular formula is C17H25N3O4. The van der Waals surface area contributed by atoms with E-state index >= 15 is 0 Å². The van der Waals surface area contributed by atoms with Crippen molar-refractivity contribution in [3.63, 3.8) is 0 Å². The Kier molecular flexibility index (Phi) is 7.02. The van der Waals surface area contributed by atoms with Gasteiger partial charge in [0.15, 0.2) is 0 Å². The Hall–Kier alpha value is -2.12. The van der Waals surface area contributed by atoms with Crippen molar-refractivity contribution in [1.82, 2.24) is 10.2 Å². The Morgan fingerprint density at radius 3 is 2.54 bits per heavy atom. The lowest BCUT2D eigenvalue weighted by atomic mass is 10.0. The minimum Gasteiger partial charge on any atom is -0.468 e. The lowest BCUT2D eigenvalue weighted by Gasteiger charge is -2.33. The molecule has 1 saturated heterocycles. The van der Waals surface area contributed by atoms with Crippen LogP contribution in [0.1, 0.15) is 18.4 Å². The summed E-state index contributed by atoms with van der Waals surface area (Å²) < 4.78 is 10.0. The number of piperidine rings is 1. The fourth-order valence-electron chi connectivity index (χ4n) is 2.70. The first-order chi connectivity index (χ1) is 11.6. The topological polar surface area (TPSA) is 93.9 Å². The molecule has 0 aliphatic carbocycles. The zero-order valence-corrected chi connectivity index (χ0v) is 13.9. The van der Waals surface area contributed by atoms with E-state index in [4.69, 9.17) is 15.2 Å². The summed E-state index contributed by atoms with van der Waals surface area (Å²) in [5.41, 5.74) is 6.55. The number of ether oxygens (including phenoxy) is 2. The molecule has 1 aromatic rings. The summed E-state index contributed by atoms with van der Waals surface area (Å²) in [4.78, 5) is 25.4. The van der Waals surface area contributed by atoms with Crippen LogP contribution >= 0.6 is 0 Å². The third kappa shape index (κ3) is 5.21. The van der Waals surface area contributed by atoms with Crippen LogP contribution < -0.4 is 11.1 Å². The summed E-state index contributed by atoms with van der Waals surface area (Å²) in [6, 6.07) is 9.22. The number of benzene rings is 1. The lowest BCUT2D eigenvalue weighted by molar-refractivity contribution is -0.143. The highest BCUT2D eigenvalue weighted by molar-refractivity contribution is 5.76. The zero-order valence-electron chi connectivity index (χ0n) is 13.9. The predicted octanol–water partition coefficient (Wildman–Crippen LogP) is 0.878. The van der Waals surface area contributed by atoms with Gasteiger partial charge in [0.05, 0.1) is 7.11 Å². The highest BCUT2D eigenvalue weighted by Gasteiger charge is 2.27. The number of nitrogens with one attached hydrogen (secondary N) is 1. The summed E-state index contributed by atoms with van der Waals surface area (Å²) in [5.74, 6) is -0.359. The fourth-order valence-corrected chi connectivity index (χ4v) is 2.70. The number of hydrogen-bond acceptors (Lipinski definition) is 6. The molecule has 0 aromatic heterocycles. The Balaban J connectivity index is 1.73. The summed E-state index contributed by atoms with van der Waals surface area (Å²) in [7, 11) is 1.35. The van der Waals surface area contributed by atoms with Crippen LogP contribution in [0.2, 0.25) is 0 Å². The number of rotatable bonds is 6. The normalized spacial score (nSPS) is 16.5. The maximum absolute atomic E-state index is 12.1. The molecule has 7 nitrogen and oxygen atoms in total. The minimum absolute atomic E-state index is 0.135. The average molecular weight is 335 g/mol. The van der Waals surface area contributed by atoms with Gasteiger partial charge in [-0.05, 0) is 18.4 Å². The molecule has 132 valence electrons. The quantitative estimate of drug-likeness (QED) is 0.750. The molecule has 1 amide bonds. The maximum Gasteiger partial charge on any atom is 0.410 e. The number of methoxy groups -OCH3 is 1. The number of nitrogens with two attached hydrogens (primary N) is 1. The molecular weight excluding hydrogens is 310 g/mol. The highest BCUT2D eigenvalue weighted by Crippen LogP contribution is 2.13. The van der Waals surface area contributed by atoms with Gasteiger partial charge in [-0.2, -0.15) is 0 Å². The summed E-state index contributed by atoms with van der Waals surface area (Å²) in [5, 5.41) is 3.20. The number of carbonyl (C=O) groups excluding carboxylic acids is 2. The number of carbonyl (C=O) groups is 2. The van der Waals surface area contributed by atoms with Crippen molar-refractivity contribution in [3.8, 4) is 0 Å². The first-order valence-corrected chi connectivity index (χ1v) is 8.13. The molecule has 0 spiro atoms. The van der Waals surface area contributed by atoms with Gasteiger partial charge in [0, 0.05) is 25.7 Å². The van der Waals surface area contributed by atoms with Crippen LogP contribution in [-0.2, 0) is 20.9 Å². The Bertz CT molecular complexity index is 530. The summed E-state index contributed by atoms with van der Waals surface area (Å²) in [6.07, 6.45) is 1.18. The van der Waals surface area contributed by atoms with Crippen molar-refractivity contribution in [1.29, 1.82) is 0 Å². The molecule has 2 rings (SSSR count). The predicted molar refractivity (Wildman–Crippen MR) is 89.2 cm³/mol. The van der Waals surface area contributed by atoms with Gasteiger partial charge in [-0.1, -0.05) is 30.3 Å².